The van der Waals surface area contributed by atoms with Crippen LogP contribution in [0.25, 0.3) is 0 Å². The smallest absolute Gasteiger partial charge is 0.258 e. The Morgan fingerprint density at radius 3 is 2.67 bits per heavy atom. The molecule has 0 unspecified atom stereocenters. The Hall–Kier alpha value is -1.52. The molecule has 1 rings (SSSR count). The molecule has 0 bridgehead atoms. The first-order valence-electron chi connectivity index (χ1n) is 3.14. The van der Waals surface area contributed by atoms with E-state index < -0.39 is 23.1 Å². The molecular weight excluding hydrogens is 168 g/mol. The standard InChI is InChI=1S/C7H5F2NO2/c8-4-5-2-1-3-6(7(5)9)10(11)12/h1-3H,4H2. The molecule has 0 N–H and O–H groups in total. The van der Waals surface area contributed by atoms with Crippen molar-refractivity contribution in [1.82, 2.24) is 0 Å². The Morgan fingerprint density at radius 2 is 2.17 bits per heavy atom. The van der Waals surface area contributed by atoms with Crippen molar-refractivity contribution < 1.29 is 13.7 Å². The van der Waals surface area contributed by atoms with Crippen LogP contribution in [0.2, 0.25) is 0 Å². The van der Waals surface area contributed by atoms with Crippen LogP contribution in [0.3, 0.4) is 0 Å². The fraction of sp³-hybridized carbons (Fsp3) is 0.143. The number of hydrogen-bond acceptors (Lipinski definition) is 2. The number of rotatable bonds is 2. The van der Waals surface area contributed by atoms with E-state index in [9.17, 15) is 18.9 Å². The highest BCUT2D eigenvalue weighted by Crippen LogP contribution is 2.20. The van der Waals surface area contributed by atoms with Crippen LogP contribution in [0.4, 0.5) is 14.5 Å². The molecule has 0 atom stereocenters. The van der Waals surface area contributed by atoms with Crippen molar-refractivity contribution in [3.8, 4) is 0 Å². The molecule has 12 heavy (non-hydrogen) atoms. The van der Waals surface area contributed by atoms with E-state index in [1.54, 1.807) is 0 Å². The fourth-order valence-electron chi connectivity index (χ4n) is 0.810. The molecule has 0 heterocycles. The molecule has 0 radical (unpaired) electrons. The molecule has 0 aliphatic heterocycles. The monoisotopic (exact) mass is 173 g/mol. The van der Waals surface area contributed by atoms with Crippen LogP contribution >= 0.6 is 0 Å². The highest BCUT2D eigenvalue weighted by molar-refractivity contribution is 5.36. The minimum atomic E-state index is -1.09. The average molecular weight is 173 g/mol. The lowest BCUT2D eigenvalue weighted by atomic mass is 10.2. The summed E-state index contributed by atoms with van der Waals surface area (Å²) < 4.78 is 24.8. The van der Waals surface area contributed by atoms with Crippen molar-refractivity contribution in [1.29, 1.82) is 0 Å². The molecule has 0 spiro atoms. The molecule has 0 aliphatic carbocycles. The summed E-state index contributed by atoms with van der Waals surface area (Å²) in [5.41, 5.74) is -0.977. The Morgan fingerprint density at radius 1 is 1.50 bits per heavy atom. The third-order valence-corrected chi connectivity index (χ3v) is 1.40. The number of benzene rings is 1. The van der Waals surface area contributed by atoms with Gasteiger partial charge in [0.25, 0.3) is 0 Å². The summed E-state index contributed by atoms with van der Waals surface area (Å²) in [6, 6.07) is 3.41. The number of halogens is 2. The number of alkyl halides is 1. The molecule has 64 valence electrons. The van der Waals surface area contributed by atoms with Gasteiger partial charge in [-0.1, -0.05) is 12.1 Å². The minimum Gasteiger partial charge on any atom is -0.258 e. The molecule has 0 saturated carbocycles. The van der Waals surface area contributed by atoms with Crippen LogP contribution in [0, 0.1) is 15.9 Å². The second-order valence-electron chi connectivity index (χ2n) is 2.14. The van der Waals surface area contributed by atoms with Crippen LogP contribution in [0.5, 0.6) is 0 Å². The van der Waals surface area contributed by atoms with Crippen molar-refractivity contribution in [2.75, 3.05) is 0 Å². The zero-order valence-electron chi connectivity index (χ0n) is 5.96. The number of nitro groups is 1. The molecule has 1 aromatic carbocycles. The van der Waals surface area contributed by atoms with Crippen LogP contribution in [-0.4, -0.2) is 4.92 Å². The van der Waals surface area contributed by atoms with Gasteiger partial charge < -0.3 is 0 Å². The lowest BCUT2D eigenvalue weighted by Gasteiger charge is -1.96. The number of hydrogen-bond donors (Lipinski definition) is 0. The van der Waals surface area contributed by atoms with E-state index >= 15 is 0 Å². The van der Waals surface area contributed by atoms with E-state index in [1.807, 2.05) is 0 Å². The predicted octanol–water partition coefficient (Wildman–Crippen LogP) is 2.20. The molecule has 0 amide bonds. The van der Waals surface area contributed by atoms with E-state index in [1.165, 1.54) is 12.1 Å². The Labute approximate surface area is 66.8 Å². The maximum absolute atomic E-state index is 12.8. The molecule has 0 aromatic heterocycles. The number of nitrogens with zero attached hydrogens (tertiary/aromatic N) is 1. The van der Waals surface area contributed by atoms with E-state index in [-0.39, 0.29) is 5.56 Å². The average Bonchev–Trinajstić information content (AvgIpc) is 2.04. The maximum Gasteiger partial charge on any atom is 0.305 e. The normalized spacial score (nSPS) is 9.83. The van der Waals surface area contributed by atoms with E-state index in [4.69, 9.17) is 0 Å². The summed E-state index contributed by atoms with van der Waals surface area (Å²) in [6.07, 6.45) is 0. The van der Waals surface area contributed by atoms with Crippen LogP contribution in [0.15, 0.2) is 18.2 Å². The molecule has 5 heteroatoms. The van der Waals surface area contributed by atoms with Gasteiger partial charge in [-0.15, -0.1) is 0 Å². The first kappa shape index (κ1) is 8.58. The van der Waals surface area contributed by atoms with Gasteiger partial charge in [0.15, 0.2) is 0 Å². The third kappa shape index (κ3) is 1.39. The third-order valence-electron chi connectivity index (χ3n) is 1.40. The Bertz CT molecular complexity index is 314. The summed E-state index contributed by atoms with van der Waals surface area (Å²) in [7, 11) is 0. The Kier molecular flexibility index (Phi) is 2.32. The minimum absolute atomic E-state index is 0.288. The highest BCUT2D eigenvalue weighted by atomic mass is 19.1. The van der Waals surface area contributed by atoms with E-state index in [2.05, 4.69) is 0 Å². The van der Waals surface area contributed by atoms with Gasteiger partial charge in [0.1, 0.15) is 6.67 Å². The fourth-order valence-corrected chi connectivity index (χ4v) is 0.810. The van der Waals surface area contributed by atoms with Gasteiger partial charge in [-0.2, -0.15) is 4.39 Å². The molecule has 1 aromatic rings. The van der Waals surface area contributed by atoms with Crippen LogP contribution in [-0.2, 0) is 6.67 Å². The van der Waals surface area contributed by atoms with E-state index in [0.29, 0.717) is 0 Å². The second kappa shape index (κ2) is 3.25. The van der Waals surface area contributed by atoms with Crippen molar-refractivity contribution >= 4 is 5.69 Å². The van der Waals surface area contributed by atoms with Gasteiger partial charge in [-0.25, -0.2) is 4.39 Å². The molecule has 0 fully saturated rings. The van der Waals surface area contributed by atoms with Gasteiger partial charge in [-0.3, -0.25) is 10.1 Å². The van der Waals surface area contributed by atoms with Crippen molar-refractivity contribution in [3.05, 3.63) is 39.7 Å². The summed E-state index contributed by atoms with van der Waals surface area (Å²) in [5.74, 6) is -1.09. The topological polar surface area (TPSA) is 43.1 Å². The summed E-state index contributed by atoms with van der Waals surface area (Å²) in [4.78, 5) is 9.25. The largest absolute Gasteiger partial charge is 0.305 e. The Balaban J connectivity index is 3.23. The highest BCUT2D eigenvalue weighted by Gasteiger charge is 2.16. The van der Waals surface area contributed by atoms with Crippen LogP contribution in [0.1, 0.15) is 5.56 Å². The summed E-state index contributed by atoms with van der Waals surface area (Å²) in [6.45, 7) is -1.03. The van der Waals surface area contributed by atoms with Gasteiger partial charge in [0.05, 0.1) is 4.92 Å². The van der Waals surface area contributed by atoms with Gasteiger partial charge in [0, 0.05) is 11.6 Å². The maximum atomic E-state index is 12.8. The van der Waals surface area contributed by atoms with Crippen molar-refractivity contribution in [3.63, 3.8) is 0 Å². The van der Waals surface area contributed by atoms with Gasteiger partial charge >= 0.3 is 5.69 Å². The number of nitro benzene ring substituents is 1. The first-order valence-corrected chi connectivity index (χ1v) is 3.14. The lowest BCUT2D eigenvalue weighted by Crippen LogP contribution is -1.95. The van der Waals surface area contributed by atoms with Gasteiger partial charge in [0.2, 0.25) is 5.82 Å². The van der Waals surface area contributed by atoms with Crippen molar-refractivity contribution in [2.24, 2.45) is 0 Å². The molecular formula is C7H5F2NO2. The predicted molar refractivity (Wildman–Crippen MR) is 37.9 cm³/mol. The molecule has 0 aliphatic rings. The summed E-state index contributed by atoms with van der Waals surface area (Å²) in [5, 5.41) is 10.1. The first-order chi connectivity index (χ1) is 5.66. The zero-order valence-corrected chi connectivity index (χ0v) is 5.96. The van der Waals surface area contributed by atoms with Gasteiger partial charge in [-0.05, 0) is 0 Å². The SMILES string of the molecule is O=[N+]([O-])c1cccc(CF)c1F. The molecule has 3 nitrogen and oxygen atoms in total. The molecule has 0 saturated heterocycles. The lowest BCUT2D eigenvalue weighted by molar-refractivity contribution is -0.387. The second-order valence-corrected chi connectivity index (χ2v) is 2.14. The summed E-state index contributed by atoms with van der Waals surface area (Å²) >= 11 is 0. The van der Waals surface area contributed by atoms with Crippen LogP contribution < -0.4 is 0 Å². The quantitative estimate of drug-likeness (QED) is 0.508. The van der Waals surface area contributed by atoms with E-state index in [0.717, 1.165) is 6.07 Å². The zero-order chi connectivity index (χ0) is 9.14. The van der Waals surface area contributed by atoms with Crippen molar-refractivity contribution in [2.45, 2.75) is 6.67 Å².